The Kier molecular flexibility index (Phi) is 7.84. The summed E-state index contributed by atoms with van der Waals surface area (Å²) in [4.78, 5) is 2.48. The molecule has 0 aliphatic heterocycles. The van der Waals surface area contributed by atoms with Crippen molar-refractivity contribution < 1.29 is 9.47 Å². The highest BCUT2D eigenvalue weighted by molar-refractivity contribution is 5.30. The molecule has 1 aliphatic carbocycles. The van der Waals surface area contributed by atoms with Crippen LogP contribution >= 0.6 is 0 Å². The minimum atomic E-state index is 0.616. The number of rotatable bonds is 9. The van der Waals surface area contributed by atoms with E-state index in [9.17, 15) is 0 Å². The number of likely N-dealkylation sites (N-methyl/N-ethyl adjacent to an activating group) is 1. The standard InChI is InChI=1S/C29H35NO2/c1-23-8-16-28(17-9-23)31-21-20-30(2)27-14-10-25(11-15-27)26-12-18-29(19-13-26)32-22-24-6-4-3-5-7-24/h3-9,12-13,16-19,25,27H,10-11,14-15,20-22H2,1-2H3. The maximum absolute atomic E-state index is 5.94. The first-order valence-corrected chi connectivity index (χ1v) is 11.8. The summed E-state index contributed by atoms with van der Waals surface area (Å²) >= 11 is 0. The molecule has 3 aromatic carbocycles. The van der Waals surface area contributed by atoms with Gasteiger partial charge in [-0.3, -0.25) is 0 Å². The van der Waals surface area contributed by atoms with Crippen LogP contribution in [0.2, 0.25) is 0 Å². The van der Waals surface area contributed by atoms with Gasteiger partial charge in [-0.25, -0.2) is 0 Å². The lowest BCUT2D eigenvalue weighted by Crippen LogP contribution is -2.37. The summed E-state index contributed by atoms with van der Waals surface area (Å²) < 4.78 is 11.9. The Morgan fingerprint density at radius 2 is 1.38 bits per heavy atom. The molecule has 0 atom stereocenters. The van der Waals surface area contributed by atoms with Gasteiger partial charge in [0.1, 0.15) is 24.7 Å². The van der Waals surface area contributed by atoms with Crippen LogP contribution in [0.25, 0.3) is 0 Å². The zero-order valence-corrected chi connectivity index (χ0v) is 19.4. The summed E-state index contributed by atoms with van der Waals surface area (Å²) in [6.07, 6.45) is 4.99. The number of hydrogen-bond acceptors (Lipinski definition) is 3. The second kappa shape index (κ2) is 11.2. The second-order valence-corrected chi connectivity index (χ2v) is 8.99. The molecule has 168 valence electrons. The van der Waals surface area contributed by atoms with E-state index in [0.717, 1.165) is 24.7 Å². The van der Waals surface area contributed by atoms with Crippen molar-refractivity contribution in [3.63, 3.8) is 0 Å². The van der Waals surface area contributed by atoms with Crippen LogP contribution in [0.3, 0.4) is 0 Å². The van der Waals surface area contributed by atoms with Gasteiger partial charge in [0.2, 0.25) is 0 Å². The first kappa shape index (κ1) is 22.4. The molecule has 0 N–H and O–H groups in total. The first-order valence-electron chi connectivity index (χ1n) is 11.8. The Bertz CT molecular complexity index is 929. The average Bonchev–Trinajstić information content (AvgIpc) is 2.85. The third-order valence-electron chi connectivity index (χ3n) is 6.65. The van der Waals surface area contributed by atoms with E-state index in [0.29, 0.717) is 18.6 Å². The van der Waals surface area contributed by atoms with Gasteiger partial charge in [0.25, 0.3) is 0 Å². The third kappa shape index (κ3) is 6.37. The van der Waals surface area contributed by atoms with E-state index in [1.807, 2.05) is 18.2 Å². The number of aryl methyl sites for hydroxylation is 1. The van der Waals surface area contributed by atoms with Crippen molar-refractivity contribution in [1.29, 1.82) is 0 Å². The van der Waals surface area contributed by atoms with Gasteiger partial charge in [0.05, 0.1) is 0 Å². The van der Waals surface area contributed by atoms with Crippen molar-refractivity contribution >= 4 is 0 Å². The molecule has 3 aromatic rings. The predicted octanol–water partition coefficient (Wildman–Crippen LogP) is 6.61. The van der Waals surface area contributed by atoms with E-state index in [4.69, 9.17) is 9.47 Å². The third-order valence-corrected chi connectivity index (χ3v) is 6.65. The summed E-state index contributed by atoms with van der Waals surface area (Å²) in [7, 11) is 2.24. The van der Waals surface area contributed by atoms with E-state index in [-0.39, 0.29) is 0 Å². The average molecular weight is 430 g/mol. The molecule has 0 spiro atoms. The van der Waals surface area contributed by atoms with Crippen LogP contribution < -0.4 is 9.47 Å². The Morgan fingerprint density at radius 3 is 2.06 bits per heavy atom. The van der Waals surface area contributed by atoms with Crippen LogP contribution in [0, 0.1) is 6.92 Å². The summed E-state index contributed by atoms with van der Waals surface area (Å²) in [5.41, 5.74) is 3.91. The molecule has 0 unspecified atom stereocenters. The smallest absolute Gasteiger partial charge is 0.119 e. The lowest BCUT2D eigenvalue weighted by Gasteiger charge is -2.34. The SMILES string of the molecule is Cc1ccc(OCCN(C)C2CCC(c3ccc(OCc4ccccc4)cc3)CC2)cc1. The Morgan fingerprint density at radius 1 is 0.750 bits per heavy atom. The van der Waals surface area contributed by atoms with Crippen LogP contribution in [0.15, 0.2) is 78.9 Å². The molecule has 3 nitrogen and oxygen atoms in total. The lowest BCUT2D eigenvalue weighted by molar-refractivity contribution is 0.154. The number of benzene rings is 3. The van der Waals surface area contributed by atoms with Gasteiger partial charge in [-0.15, -0.1) is 0 Å². The molecule has 32 heavy (non-hydrogen) atoms. The Labute approximate surface area is 193 Å². The molecular weight excluding hydrogens is 394 g/mol. The molecule has 0 heterocycles. The molecule has 0 saturated heterocycles. The van der Waals surface area contributed by atoms with Gasteiger partial charge < -0.3 is 14.4 Å². The summed E-state index contributed by atoms with van der Waals surface area (Å²) in [6, 6.07) is 28.0. The normalized spacial score (nSPS) is 18.5. The molecule has 1 saturated carbocycles. The van der Waals surface area contributed by atoms with Gasteiger partial charge in [-0.2, -0.15) is 0 Å². The zero-order chi connectivity index (χ0) is 22.2. The summed E-state index contributed by atoms with van der Waals surface area (Å²) in [6.45, 7) is 4.42. The topological polar surface area (TPSA) is 21.7 Å². The van der Waals surface area contributed by atoms with Crippen molar-refractivity contribution in [3.8, 4) is 11.5 Å². The minimum Gasteiger partial charge on any atom is -0.492 e. The first-order chi connectivity index (χ1) is 15.7. The van der Waals surface area contributed by atoms with E-state index < -0.39 is 0 Å². The van der Waals surface area contributed by atoms with Crippen molar-refractivity contribution in [2.24, 2.45) is 0 Å². The molecule has 0 radical (unpaired) electrons. The van der Waals surface area contributed by atoms with E-state index >= 15 is 0 Å². The van der Waals surface area contributed by atoms with Crippen LogP contribution in [-0.2, 0) is 6.61 Å². The lowest BCUT2D eigenvalue weighted by atomic mass is 9.81. The van der Waals surface area contributed by atoms with Gasteiger partial charge in [-0.05, 0) is 81.0 Å². The number of hydrogen-bond donors (Lipinski definition) is 0. The Hall–Kier alpha value is -2.78. The zero-order valence-electron chi connectivity index (χ0n) is 19.4. The molecule has 0 aromatic heterocycles. The van der Waals surface area contributed by atoms with Crippen LogP contribution in [0.4, 0.5) is 0 Å². The second-order valence-electron chi connectivity index (χ2n) is 8.99. The molecule has 3 heteroatoms. The van der Waals surface area contributed by atoms with Crippen molar-refractivity contribution in [2.75, 3.05) is 20.2 Å². The van der Waals surface area contributed by atoms with Crippen LogP contribution in [0.1, 0.15) is 48.3 Å². The quantitative estimate of drug-likeness (QED) is 0.382. The highest BCUT2D eigenvalue weighted by Crippen LogP contribution is 2.35. The largest absolute Gasteiger partial charge is 0.492 e. The minimum absolute atomic E-state index is 0.616. The fraction of sp³-hybridized carbons (Fsp3) is 0.379. The van der Waals surface area contributed by atoms with E-state index in [1.54, 1.807) is 0 Å². The highest BCUT2D eigenvalue weighted by atomic mass is 16.5. The van der Waals surface area contributed by atoms with Gasteiger partial charge in [-0.1, -0.05) is 60.2 Å². The van der Waals surface area contributed by atoms with Crippen molar-refractivity contribution in [1.82, 2.24) is 4.90 Å². The monoisotopic (exact) mass is 429 g/mol. The molecule has 1 aliphatic rings. The molecule has 0 bridgehead atoms. The fourth-order valence-corrected chi connectivity index (χ4v) is 4.55. The van der Waals surface area contributed by atoms with Crippen LogP contribution in [0.5, 0.6) is 11.5 Å². The highest BCUT2D eigenvalue weighted by Gasteiger charge is 2.24. The number of ether oxygens (including phenoxy) is 2. The van der Waals surface area contributed by atoms with Gasteiger partial charge in [0.15, 0.2) is 0 Å². The van der Waals surface area contributed by atoms with Crippen LogP contribution in [-0.4, -0.2) is 31.1 Å². The molecule has 1 fully saturated rings. The van der Waals surface area contributed by atoms with Crippen molar-refractivity contribution in [2.45, 2.75) is 51.2 Å². The Balaban J connectivity index is 1.18. The maximum Gasteiger partial charge on any atom is 0.119 e. The molecule has 4 rings (SSSR count). The molecule has 0 amide bonds. The summed E-state index contributed by atoms with van der Waals surface area (Å²) in [5, 5.41) is 0. The van der Waals surface area contributed by atoms with Gasteiger partial charge >= 0.3 is 0 Å². The van der Waals surface area contributed by atoms with Gasteiger partial charge in [0, 0.05) is 12.6 Å². The van der Waals surface area contributed by atoms with E-state index in [2.05, 4.69) is 79.5 Å². The predicted molar refractivity (Wildman–Crippen MR) is 132 cm³/mol. The maximum atomic E-state index is 5.94. The van der Waals surface area contributed by atoms with E-state index in [1.165, 1.54) is 42.4 Å². The fourth-order valence-electron chi connectivity index (χ4n) is 4.55. The molecular formula is C29H35NO2. The van der Waals surface area contributed by atoms with Crippen molar-refractivity contribution in [3.05, 3.63) is 95.6 Å². The summed E-state index contributed by atoms with van der Waals surface area (Å²) in [5.74, 6) is 2.56. The number of nitrogens with zero attached hydrogens (tertiary/aromatic N) is 1.